The van der Waals surface area contributed by atoms with Gasteiger partial charge in [-0.25, -0.2) is 5.10 Å². The molecule has 0 fully saturated rings. The average Bonchev–Trinajstić information content (AvgIpc) is 2.02. The van der Waals surface area contributed by atoms with Crippen molar-refractivity contribution in [3.05, 3.63) is 26.6 Å². The lowest BCUT2D eigenvalue weighted by Crippen LogP contribution is -2.23. The number of carbonyl (C=O) groups excluding carboxylic acids is 1. The number of hydrogen-bond acceptors (Lipinski definition) is 3. The summed E-state index contributed by atoms with van der Waals surface area (Å²) in [4.78, 5) is 21.7. The highest BCUT2D eigenvalue weighted by atomic mass is 35.5. The highest BCUT2D eigenvalue weighted by Crippen LogP contribution is 2.27. The fourth-order valence-electron chi connectivity index (χ4n) is 1.05. The van der Waals surface area contributed by atoms with Crippen molar-refractivity contribution in [1.82, 2.24) is 10.2 Å². The SMILES string of the molecule is CC(C)(C)c1n[nH]c(=O)c(C=O)c1Cl. The number of halogens is 1. The monoisotopic (exact) mass is 214 g/mol. The molecule has 1 rings (SSSR count). The fraction of sp³-hybridized carbons (Fsp3) is 0.444. The third kappa shape index (κ3) is 1.85. The maximum absolute atomic E-state index is 11.1. The summed E-state index contributed by atoms with van der Waals surface area (Å²) in [5.41, 5.74) is -0.413. The zero-order chi connectivity index (χ0) is 10.9. The van der Waals surface area contributed by atoms with Gasteiger partial charge in [-0.2, -0.15) is 5.10 Å². The van der Waals surface area contributed by atoms with Gasteiger partial charge in [-0.3, -0.25) is 9.59 Å². The molecule has 76 valence electrons. The number of nitrogens with zero attached hydrogens (tertiary/aromatic N) is 1. The quantitative estimate of drug-likeness (QED) is 0.722. The molecule has 0 spiro atoms. The first-order valence-corrected chi connectivity index (χ1v) is 4.49. The Hall–Kier alpha value is -1.16. The van der Waals surface area contributed by atoms with E-state index < -0.39 is 5.56 Å². The first-order chi connectivity index (χ1) is 6.38. The molecule has 5 heteroatoms. The van der Waals surface area contributed by atoms with Crippen LogP contribution in [-0.4, -0.2) is 16.5 Å². The van der Waals surface area contributed by atoms with Crippen molar-refractivity contribution in [3.8, 4) is 0 Å². The first-order valence-electron chi connectivity index (χ1n) is 4.11. The van der Waals surface area contributed by atoms with Crippen LogP contribution in [0, 0.1) is 0 Å². The van der Waals surface area contributed by atoms with E-state index in [2.05, 4.69) is 10.2 Å². The number of aromatic amines is 1. The van der Waals surface area contributed by atoms with Crippen LogP contribution in [0.4, 0.5) is 0 Å². The van der Waals surface area contributed by atoms with Gasteiger partial charge in [-0.1, -0.05) is 32.4 Å². The lowest BCUT2D eigenvalue weighted by molar-refractivity contribution is 0.112. The van der Waals surface area contributed by atoms with Gasteiger partial charge in [0.1, 0.15) is 5.56 Å². The van der Waals surface area contributed by atoms with Gasteiger partial charge < -0.3 is 0 Å². The molecule has 0 atom stereocenters. The molecular formula is C9H11ClN2O2. The van der Waals surface area contributed by atoms with Crippen LogP contribution in [0.1, 0.15) is 36.8 Å². The van der Waals surface area contributed by atoms with Crippen LogP contribution in [-0.2, 0) is 5.41 Å². The van der Waals surface area contributed by atoms with Gasteiger partial charge in [0.25, 0.3) is 5.56 Å². The minimum absolute atomic E-state index is 0.0633. The summed E-state index contributed by atoms with van der Waals surface area (Å²) in [6.07, 6.45) is 0.443. The van der Waals surface area contributed by atoms with Crippen molar-refractivity contribution < 1.29 is 4.79 Å². The van der Waals surface area contributed by atoms with Gasteiger partial charge >= 0.3 is 0 Å². The van der Waals surface area contributed by atoms with E-state index in [1.165, 1.54) is 0 Å². The van der Waals surface area contributed by atoms with Crippen molar-refractivity contribution in [1.29, 1.82) is 0 Å². The van der Waals surface area contributed by atoms with Crippen molar-refractivity contribution in [3.63, 3.8) is 0 Å². The molecule has 0 aliphatic heterocycles. The largest absolute Gasteiger partial charge is 0.298 e. The van der Waals surface area contributed by atoms with Crippen molar-refractivity contribution >= 4 is 17.9 Å². The molecule has 1 aromatic heterocycles. The van der Waals surface area contributed by atoms with E-state index in [0.29, 0.717) is 12.0 Å². The van der Waals surface area contributed by atoms with E-state index in [0.717, 1.165) is 0 Å². The molecule has 0 saturated carbocycles. The second-order valence-electron chi connectivity index (χ2n) is 4.00. The Morgan fingerprint density at radius 2 is 2.00 bits per heavy atom. The molecule has 4 nitrogen and oxygen atoms in total. The number of hydrogen-bond donors (Lipinski definition) is 1. The highest BCUT2D eigenvalue weighted by molar-refractivity contribution is 6.33. The summed E-state index contributed by atoms with van der Waals surface area (Å²) in [5, 5.41) is 6.21. The van der Waals surface area contributed by atoms with Gasteiger partial charge in [0.15, 0.2) is 6.29 Å². The third-order valence-electron chi connectivity index (χ3n) is 1.79. The van der Waals surface area contributed by atoms with Crippen molar-refractivity contribution in [2.45, 2.75) is 26.2 Å². The standard InChI is InChI=1S/C9H11ClN2O2/c1-9(2,3)7-6(10)5(4-13)8(14)12-11-7/h4H,1-3H3,(H,12,14). The third-order valence-corrected chi connectivity index (χ3v) is 2.17. The number of nitrogens with one attached hydrogen (secondary N) is 1. The molecule has 0 bridgehead atoms. The Kier molecular flexibility index (Phi) is 2.76. The summed E-state index contributed by atoms with van der Waals surface area (Å²) in [6.45, 7) is 5.69. The Morgan fingerprint density at radius 3 is 2.43 bits per heavy atom. The predicted molar refractivity (Wildman–Crippen MR) is 54.0 cm³/mol. The van der Waals surface area contributed by atoms with E-state index in [1.807, 2.05) is 20.8 Å². The normalized spacial score (nSPS) is 11.4. The Morgan fingerprint density at radius 1 is 1.43 bits per heavy atom. The molecule has 0 unspecified atom stereocenters. The van der Waals surface area contributed by atoms with Gasteiger partial charge in [0, 0.05) is 5.41 Å². The average molecular weight is 215 g/mol. The zero-order valence-electron chi connectivity index (χ0n) is 8.22. The molecule has 1 N–H and O–H groups in total. The van der Waals surface area contributed by atoms with Crippen molar-refractivity contribution in [2.24, 2.45) is 0 Å². The molecule has 14 heavy (non-hydrogen) atoms. The maximum Gasteiger partial charge on any atom is 0.276 e. The van der Waals surface area contributed by atoms with E-state index >= 15 is 0 Å². The Labute approximate surface area is 86.3 Å². The van der Waals surface area contributed by atoms with Crippen LogP contribution in [0.15, 0.2) is 4.79 Å². The molecular weight excluding hydrogens is 204 g/mol. The first kappa shape index (κ1) is 10.9. The Balaban J connectivity index is 3.51. The van der Waals surface area contributed by atoms with E-state index in [1.54, 1.807) is 0 Å². The van der Waals surface area contributed by atoms with Crippen LogP contribution in [0.3, 0.4) is 0 Å². The van der Waals surface area contributed by atoms with Gasteiger partial charge in [-0.15, -0.1) is 0 Å². The predicted octanol–water partition coefficient (Wildman–Crippen LogP) is 1.53. The topological polar surface area (TPSA) is 62.8 Å². The Bertz CT molecular complexity index is 418. The van der Waals surface area contributed by atoms with Crippen LogP contribution in [0.25, 0.3) is 0 Å². The lowest BCUT2D eigenvalue weighted by Gasteiger charge is -2.18. The smallest absolute Gasteiger partial charge is 0.276 e. The number of rotatable bonds is 1. The molecule has 1 heterocycles. The van der Waals surface area contributed by atoms with E-state index in [4.69, 9.17) is 11.6 Å². The summed E-state index contributed by atoms with van der Waals surface area (Å²) in [5.74, 6) is 0. The maximum atomic E-state index is 11.1. The van der Waals surface area contributed by atoms with E-state index in [-0.39, 0.29) is 16.0 Å². The number of aromatic nitrogens is 2. The second-order valence-corrected chi connectivity index (χ2v) is 4.37. The molecule has 0 amide bonds. The number of aldehydes is 1. The summed E-state index contributed by atoms with van der Waals surface area (Å²) in [6, 6.07) is 0. The number of H-pyrrole nitrogens is 1. The highest BCUT2D eigenvalue weighted by Gasteiger charge is 2.22. The minimum Gasteiger partial charge on any atom is -0.298 e. The van der Waals surface area contributed by atoms with Crippen LogP contribution >= 0.6 is 11.6 Å². The molecule has 0 aromatic carbocycles. The van der Waals surface area contributed by atoms with Gasteiger partial charge in [-0.05, 0) is 0 Å². The zero-order valence-corrected chi connectivity index (χ0v) is 8.97. The molecule has 0 saturated heterocycles. The lowest BCUT2D eigenvalue weighted by atomic mass is 9.91. The molecule has 0 aliphatic rings. The summed E-state index contributed by atoms with van der Waals surface area (Å²) < 4.78 is 0. The van der Waals surface area contributed by atoms with Crippen LogP contribution in [0.5, 0.6) is 0 Å². The molecule has 0 radical (unpaired) electrons. The van der Waals surface area contributed by atoms with Crippen LogP contribution < -0.4 is 5.56 Å². The van der Waals surface area contributed by atoms with Gasteiger partial charge in [0.05, 0.1) is 10.7 Å². The van der Waals surface area contributed by atoms with Crippen LogP contribution in [0.2, 0.25) is 5.02 Å². The fourth-order valence-corrected chi connectivity index (χ4v) is 1.50. The summed E-state index contributed by atoms with van der Waals surface area (Å²) in [7, 11) is 0. The number of carbonyl (C=O) groups is 1. The summed E-state index contributed by atoms with van der Waals surface area (Å²) >= 11 is 5.89. The minimum atomic E-state index is -0.557. The van der Waals surface area contributed by atoms with Crippen molar-refractivity contribution in [2.75, 3.05) is 0 Å². The van der Waals surface area contributed by atoms with Gasteiger partial charge in [0.2, 0.25) is 0 Å². The molecule has 1 aromatic rings. The van der Waals surface area contributed by atoms with E-state index in [9.17, 15) is 9.59 Å². The second kappa shape index (κ2) is 3.53. The molecule has 0 aliphatic carbocycles.